The molecule has 3 aromatic rings. The van der Waals surface area contributed by atoms with E-state index in [0.717, 1.165) is 11.5 Å². The van der Waals surface area contributed by atoms with Crippen LogP contribution in [0.3, 0.4) is 0 Å². The smallest absolute Gasteiger partial charge is 0.294 e. The van der Waals surface area contributed by atoms with E-state index in [1.54, 1.807) is 30.3 Å². The molecule has 142 valence electrons. The summed E-state index contributed by atoms with van der Waals surface area (Å²) in [6.45, 7) is 2.15. The van der Waals surface area contributed by atoms with E-state index in [2.05, 4.69) is 31.2 Å². The summed E-state index contributed by atoms with van der Waals surface area (Å²) in [4.78, 5) is -0.0741. The van der Waals surface area contributed by atoms with Gasteiger partial charge in [-0.2, -0.15) is 20.2 Å². The van der Waals surface area contributed by atoms with E-state index in [1.807, 2.05) is 23.9 Å². The molecule has 0 aromatic heterocycles. The lowest BCUT2D eigenvalue weighted by Crippen LogP contribution is -1.96. The van der Waals surface area contributed by atoms with E-state index in [1.165, 1.54) is 28.8 Å². The second-order valence-electron chi connectivity index (χ2n) is 5.87. The summed E-state index contributed by atoms with van der Waals surface area (Å²) in [6.07, 6.45) is 0. The average Bonchev–Trinajstić information content (AvgIpc) is 2.65. The number of rotatable bonds is 5. The van der Waals surface area contributed by atoms with Crippen LogP contribution in [0.4, 0.5) is 0 Å². The van der Waals surface area contributed by atoms with E-state index in [0.29, 0.717) is 5.75 Å². The molecule has 2 N–H and O–H groups in total. The van der Waals surface area contributed by atoms with Crippen LogP contribution in [0, 0.1) is 6.92 Å². The average molecular weight is 403 g/mol. The lowest BCUT2D eigenvalue weighted by molar-refractivity contribution is 0.475. The van der Waals surface area contributed by atoms with Crippen molar-refractivity contribution in [2.75, 3.05) is 0 Å². The number of hydrogen-bond donors (Lipinski definition) is 2. The maximum absolute atomic E-state index is 10.4. The molecule has 3 aromatic carbocycles. The first kappa shape index (κ1) is 21.0. The SMILES string of the molecule is Cc1ccccc1CSCc1ccc(O)cc1.O=S(=O)(O)c1ccccc1. The summed E-state index contributed by atoms with van der Waals surface area (Å²) in [5.41, 5.74) is 4.00. The van der Waals surface area contributed by atoms with Gasteiger partial charge in [-0.25, -0.2) is 0 Å². The third-order valence-corrected chi connectivity index (χ3v) is 5.69. The molecule has 4 nitrogen and oxygen atoms in total. The number of hydrogen-bond acceptors (Lipinski definition) is 4. The topological polar surface area (TPSA) is 74.6 Å². The van der Waals surface area contributed by atoms with E-state index >= 15 is 0 Å². The van der Waals surface area contributed by atoms with Crippen molar-refractivity contribution in [2.45, 2.75) is 23.3 Å². The number of thioether (sulfide) groups is 1. The monoisotopic (exact) mass is 402 g/mol. The van der Waals surface area contributed by atoms with Gasteiger partial charge in [0, 0.05) is 11.5 Å². The van der Waals surface area contributed by atoms with Crippen LogP contribution in [0.1, 0.15) is 16.7 Å². The van der Waals surface area contributed by atoms with Gasteiger partial charge in [0.1, 0.15) is 5.75 Å². The maximum atomic E-state index is 10.4. The van der Waals surface area contributed by atoms with Crippen LogP contribution in [0.15, 0.2) is 83.8 Å². The molecule has 0 aliphatic carbocycles. The quantitative estimate of drug-likeness (QED) is 0.583. The highest BCUT2D eigenvalue weighted by Crippen LogP contribution is 2.21. The van der Waals surface area contributed by atoms with Gasteiger partial charge < -0.3 is 5.11 Å². The largest absolute Gasteiger partial charge is 0.508 e. The van der Waals surface area contributed by atoms with Crippen LogP contribution >= 0.6 is 11.8 Å². The number of phenolic OH excluding ortho intramolecular Hbond substituents is 1. The molecule has 0 aliphatic rings. The summed E-state index contributed by atoms with van der Waals surface area (Å²) in [6, 6.07) is 23.3. The van der Waals surface area contributed by atoms with Crippen molar-refractivity contribution < 1.29 is 18.1 Å². The highest BCUT2D eigenvalue weighted by Gasteiger charge is 2.05. The fourth-order valence-corrected chi connectivity index (χ4v) is 3.81. The lowest BCUT2D eigenvalue weighted by Gasteiger charge is -2.05. The van der Waals surface area contributed by atoms with Gasteiger partial charge in [-0.1, -0.05) is 54.6 Å². The zero-order valence-electron chi connectivity index (χ0n) is 14.9. The molecule has 3 rings (SSSR count). The van der Waals surface area contributed by atoms with Crippen LogP contribution < -0.4 is 0 Å². The molecule has 0 bridgehead atoms. The summed E-state index contributed by atoms with van der Waals surface area (Å²) in [7, 11) is -4.00. The molecular weight excluding hydrogens is 380 g/mol. The van der Waals surface area contributed by atoms with Crippen LogP contribution in [0.2, 0.25) is 0 Å². The molecule has 0 aliphatic heterocycles. The Bertz CT molecular complexity index is 937. The summed E-state index contributed by atoms with van der Waals surface area (Å²) < 4.78 is 29.2. The molecule has 0 saturated heterocycles. The fourth-order valence-electron chi connectivity index (χ4n) is 2.24. The molecule has 0 unspecified atom stereocenters. The first-order valence-electron chi connectivity index (χ1n) is 8.29. The minimum absolute atomic E-state index is 0.0741. The van der Waals surface area contributed by atoms with Crippen molar-refractivity contribution in [1.29, 1.82) is 0 Å². The first-order chi connectivity index (χ1) is 12.9. The summed E-state index contributed by atoms with van der Waals surface area (Å²) >= 11 is 1.90. The van der Waals surface area contributed by atoms with Crippen molar-refractivity contribution in [3.8, 4) is 5.75 Å². The van der Waals surface area contributed by atoms with E-state index in [4.69, 9.17) is 4.55 Å². The van der Waals surface area contributed by atoms with Gasteiger partial charge in [0.05, 0.1) is 4.90 Å². The molecule has 0 atom stereocenters. The van der Waals surface area contributed by atoms with Crippen molar-refractivity contribution >= 4 is 21.9 Å². The predicted molar refractivity (Wildman–Crippen MR) is 111 cm³/mol. The van der Waals surface area contributed by atoms with E-state index in [9.17, 15) is 13.5 Å². The summed E-state index contributed by atoms with van der Waals surface area (Å²) in [5, 5.41) is 9.19. The number of aryl methyl sites for hydroxylation is 1. The second kappa shape index (κ2) is 10.2. The minimum Gasteiger partial charge on any atom is -0.508 e. The third-order valence-electron chi connectivity index (χ3n) is 3.76. The fraction of sp³-hybridized carbons (Fsp3) is 0.143. The number of benzene rings is 3. The van der Waals surface area contributed by atoms with Gasteiger partial charge in [-0.15, -0.1) is 0 Å². The summed E-state index contributed by atoms with van der Waals surface area (Å²) in [5.74, 6) is 2.35. The minimum atomic E-state index is -4.00. The molecule has 0 fully saturated rings. The molecule has 0 saturated carbocycles. The van der Waals surface area contributed by atoms with Crippen LogP contribution in [0.5, 0.6) is 5.75 Å². The van der Waals surface area contributed by atoms with Crippen molar-refractivity contribution in [1.82, 2.24) is 0 Å². The van der Waals surface area contributed by atoms with Crippen molar-refractivity contribution in [2.24, 2.45) is 0 Å². The number of aromatic hydroxyl groups is 1. The standard InChI is InChI=1S/C15H16OS.C6H6O3S/c1-12-4-2-3-5-14(12)11-17-10-13-6-8-15(16)9-7-13;7-10(8,9)6-4-2-1-3-5-6/h2-9,16H,10-11H2,1H3;1-5H,(H,7,8,9). The molecule has 27 heavy (non-hydrogen) atoms. The van der Waals surface area contributed by atoms with Crippen LogP contribution in [-0.2, 0) is 21.6 Å². The zero-order valence-corrected chi connectivity index (χ0v) is 16.6. The Labute approximate surface area is 164 Å². The Hall–Kier alpha value is -2.28. The Morgan fingerprint density at radius 1 is 0.815 bits per heavy atom. The van der Waals surface area contributed by atoms with Gasteiger partial charge in [0.15, 0.2) is 0 Å². The molecular formula is C21H22O4S2. The normalized spacial score (nSPS) is 10.7. The van der Waals surface area contributed by atoms with Gasteiger partial charge in [-0.3, -0.25) is 4.55 Å². The molecule has 0 amide bonds. The van der Waals surface area contributed by atoms with E-state index < -0.39 is 10.1 Å². The van der Waals surface area contributed by atoms with E-state index in [-0.39, 0.29) is 4.90 Å². The highest BCUT2D eigenvalue weighted by molar-refractivity contribution is 7.97. The maximum Gasteiger partial charge on any atom is 0.294 e. The van der Waals surface area contributed by atoms with Gasteiger partial charge >= 0.3 is 0 Å². The highest BCUT2D eigenvalue weighted by atomic mass is 32.2. The third kappa shape index (κ3) is 7.46. The lowest BCUT2D eigenvalue weighted by atomic mass is 10.1. The van der Waals surface area contributed by atoms with Crippen molar-refractivity contribution in [3.63, 3.8) is 0 Å². The molecule has 0 heterocycles. The first-order valence-corrected chi connectivity index (χ1v) is 10.9. The number of phenols is 1. The van der Waals surface area contributed by atoms with Gasteiger partial charge in [0.2, 0.25) is 0 Å². The molecule has 6 heteroatoms. The van der Waals surface area contributed by atoms with Crippen LogP contribution in [0.25, 0.3) is 0 Å². The Balaban J connectivity index is 0.000000223. The molecule has 0 spiro atoms. The Morgan fingerprint density at radius 2 is 1.41 bits per heavy atom. The van der Waals surface area contributed by atoms with Crippen LogP contribution in [-0.4, -0.2) is 18.1 Å². The molecule has 0 radical (unpaired) electrons. The Morgan fingerprint density at radius 3 is 1.96 bits per heavy atom. The van der Waals surface area contributed by atoms with Gasteiger partial charge in [-0.05, 0) is 47.9 Å². The van der Waals surface area contributed by atoms with Crippen molar-refractivity contribution in [3.05, 3.63) is 95.6 Å². The van der Waals surface area contributed by atoms with Gasteiger partial charge in [0.25, 0.3) is 10.1 Å². The zero-order chi connectivity index (χ0) is 19.7. The second-order valence-corrected chi connectivity index (χ2v) is 8.28. The predicted octanol–water partition coefficient (Wildman–Crippen LogP) is 5.07. The Kier molecular flexibility index (Phi) is 7.91.